The molecule has 0 saturated carbocycles. The van der Waals surface area contributed by atoms with Crippen LogP contribution >= 0.6 is 23.1 Å². The third-order valence-electron chi connectivity index (χ3n) is 3.43. The number of nitrogens with one attached hydrogen (secondary N) is 1. The molecule has 0 radical (unpaired) electrons. The number of hydrogen-bond acceptors (Lipinski definition) is 9. The Morgan fingerprint density at radius 2 is 2.08 bits per heavy atom. The molecule has 1 N–H and O–H groups in total. The number of ketones is 1. The van der Waals surface area contributed by atoms with Crippen LogP contribution < -0.4 is 14.8 Å². The Balaban J connectivity index is 1.54. The Bertz CT molecular complexity index is 865. The number of anilines is 1. The molecule has 0 aliphatic carbocycles. The number of rotatable bonds is 9. The van der Waals surface area contributed by atoms with E-state index in [-0.39, 0.29) is 11.5 Å². The van der Waals surface area contributed by atoms with Gasteiger partial charge in [0.05, 0.1) is 32.8 Å². The molecule has 0 aliphatic rings. The maximum Gasteiger partial charge on any atom is 0.206 e. The van der Waals surface area contributed by atoms with Crippen molar-refractivity contribution in [2.75, 3.05) is 25.3 Å². The Morgan fingerprint density at radius 1 is 1.23 bits per heavy atom. The lowest BCUT2D eigenvalue weighted by Crippen LogP contribution is -2.03. The zero-order chi connectivity index (χ0) is 18.4. The largest absolute Gasteiger partial charge is 0.493 e. The van der Waals surface area contributed by atoms with Crippen molar-refractivity contribution in [1.82, 2.24) is 10.2 Å². The van der Waals surface area contributed by atoms with Gasteiger partial charge in [0, 0.05) is 5.56 Å². The summed E-state index contributed by atoms with van der Waals surface area (Å²) in [5.41, 5.74) is 0.566. The molecular weight excluding hydrogens is 374 g/mol. The fourth-order valence-corrected chi connectivity index (χ4v) is 3.78. The number of hydrogen-bond donors (Lipinski definition) is 1. The smallest absolute Gasteiger partial charge is 0.206 e. The standard InChI is InChI=1S/C17H17N3O4S2/c1-22-14-6-5-11(8-15(14)23-2)13(21)10-25-17-20-19-16(26-17)18-9-12-4-3-7-24-12/h3-8H,9-10H2,1-2H3,(H,18,19). The van der Waals surface area contributed by atoms with Crippen molar-refractivity contribution < 1.29 is 18.7 Å². The predicted octanol–water partition coefficient (Wildman–Crippen LogP) is 3.74. The SMILES string of the molecule is COc1ccc(C(=O)CSc2nnc(NCc3ccco3)s2)cc1OC. The van der Waals surface area contributed by atoms with Crippen LogP contribution in [-0.2, 0) is 6.54 Å². The third kappa shape index (κ3) is 4.55. The molecule has 0 amide bonds. The van der Waals surface area contributed by atoms with Crippen LogP contribution in [0.5, 0.6) is 11.5 Å². The second-order valence-corrected chi connectivity index (χ2v) is 7.29. The summed E-state index contributed by atoms with van der Waals surface area (Å²) >= 11 is 2.75. The fraction of sp³-hybridized carbons (Fsp3) is 0.235. The van der Waals surface area contributed by atoms with Crippen LogP contribution in [0.4, 0.5) is 5.13 Å². The fourth-order valence-electron chi connectivity index (χ4n) is 2.14. The molecule has 136 valence electrons. The maximum absolute atomic E-state index is 12.4. The van der Waals surface area contributed by atoms with Crippen molar-refractivity contribution in [2.24, 2.45) is 0 Å². The van der Waals surface area contributed by atoms with Crippen LogP contribution in [0.15, 0.2) is 45.4 Å². The van der Waals surface area contributed by atoms with Gasteiger partial charge in [-0.2, -0.15) is 0 Å². The first kappa shape index (κ1) is 18.3. The normalized spacial score (nSPS) is 10.5. The first-order valence-corrected chi connectivity index (χ1v) is 9.47. The van der Waals surface area contributed by atoms with E-state index in [0.29, 0.717) is 28.7 Å². The van der Waals surface area contributed by atoms with E-state index in [9.17, 15) is 4.79 Å². The van der Waals surface area contributed by atoms with Crippen LogP contribution in [0.1, 0.15) is 16.1 Å². The Hall–Kier alpha value is -2.52. The van der Waals surface area contributed by atoms with Crippen molar-refractivity contribution in [3.8, 4) is 11.5 Å². The molecule has 26 heavy (non-hydrogen) atoms. The summed E-state index contributed by atoms with van der Waals surface area (Å²) in [6, 6.07) is 8.83. The van der Waals surface area contributed by atoms with E-state index < -0.39 is 0 Å². The number of ether oxygens (including phenoxy) is 2. The summed E-state index contributed by atoms with van der Waals surface area (Å²) in [7, 11) is 3.10. The van der Waals surface area contributed by atoms with Gasteiger partial charge < -0.3 is 19.2 Å². The molecule has 0 atom stereocenters. The Kier molecular flexibility index (Phi) is 6.13. The lowest BCUT2D eigenvalue weighted by molar-refractivity contribution is 0.102. The minimum Gasteiger partial charge on any atom is -0.493 e. The molecule has 3 rings (SSSR count). The third-order valence-corrected chi connectivity index (χ3v) is 5.45. The second-order valence-electron chi connectivity index (χ2n) is 5.09. The zero-order valence-corrected chi connectivity index (χ0v) is 15.9. The summed E-state index contributed by atoms with van der Waals surface area (Å²) < 4.78 is 16.4. The van der Waals surface area contributed by atoms with Crippen LogP contribution in [-0.4, -0.2) is 36.0 Å². The highest BCUT2D eigenvalue weighted by molar-refractivity contribution is 8.01. The molecule has 1 aromatic carbocycles. The quantitative estimate of drug-likeness (QED) is 0.436. The molecule has 0 bridgehead atoms. The molecule has 0 saturated heterocycles. The summed E-state index contributed by atoms with van der Waals surface area (Å²) in [5.74, 6) is 2.19. The average Bonchev–Trinajstić information content (AvgIpc) is 3.35. The van der Waals surface area contributed by atoms with Crippen LogP contribution in [0.2, 0.25) is 0 Å². The molecule has 0 unspecified atom stereocenters. The number of carbonyl (C=O) groups excluding carboxylic acids is 1. The molecule has 2 aromatic heterocycles. The molecule has 2 heterocycles. The minimum atomic E-state index is -0.0174. The Labute approximate surface area is 158 Å². The lowest BCUT2D eigenvalue weighted by atomic mass is 10.1. The van der Waals surface area contributed by atoms with Gasteiger partial charge in [0.25, 0.3) is 0 Å². The van der Waals surface area contributed by atoms with Gasteiger partial charge in [0.15, 0.2) is 21.6 Å². The number of Topliss-reactive ketones (excluding diaryl/α,β-unsaturated/α-hetero) is 1. The number of methoxy groups -OCH3 is 2. The number of benzene rings is 1. The highest BCUT2D eigenvalue weighted by Crippen LogP contribution is 2.30. The highest BCUT2D eigenvalue weighted by Gasteiger charge is 2.13. The maximum atomic E-state index is 12.4. The first-order chi connectivity index (χ1) is 12.7. The monoisotopic (exact) mass is 391 g/mol. The van der Waals surface area contributed by atoms with Gasteiger partial charge in [0.1, 0.15) is 5.76 Å². The van der Waals surface area contributed by atoms with Crippen molar-refractivity contribution in [1.29, 1.82) is 0 Å². The molecule has 0 spiro atoms. The van der Waals surface area contributed by atoms with Crippen molar-refractivity contribution in [3.05, 3.63) is 47.9 Å². The Morgan fingerprint density at radius 3 is 2.81 bits per heavy atom. The number of thioether (sulfide) groups is 1. The van der Waals surface area contributed by atoms with E-state index in [1.165, 1.54) is 23.1 Å². The summed E-state index contributed by atoms with van der Waals surface area (Å²) in [6.45, 7) is 0.539. The van der Waals surface area contributed by atoms with Crippen molar-refractivity contribution >= 4 is 34.0 Å². The highest BCUT2D eigenvalue weighted by atomic mass is 32.2. The predicted molar refractivity (Wildman–Crippen MR) is 101 cm³/mol. The topological polar surface area (TPSA) is 86.5 Å². The summed E-state index contributed by atoms with van der Waals surface area (Å²) in [6.07, 6.45) is 1.62. The number of nitrogens with zero attached hydrogens (tertiary/aromatic N) is 2. The minimum absolute atomic E-state index is 0.0174. The van der Waals surface area contributed by atoms with Crippen molar-refractivity contribution in [3.63, 3.8) is 0 Å². The molecule has 0 fully saturated rings. The van der Waals surface area contributed by atoms with Gasteiger partial charge in [-0.15, -0.1) is 10.2 Å². The summed E-state index contributed by atoms with van der Waals surface area (Å²) in [5, 5.41) is 12.0. The molecule has 3 aromatic rings. The van der Waals surface area contributed by atoms with E-state index in [1.807, 2.05) is 12.1 Å². The van der Waals surface area contributed by atoms with Crippen LogP contribution in [0.25, 0.3) is 0 Å². The van der Waals surface area contributed by atoms with E-state index >= 15 is 0 Å². The first-order valence-electron chi connectivity index (χ1n) is 7.67. The number of carbonyl (C=O) groups is 1. The van der Waals surface area contributed by atoms with E-state index in [4.69, 9.17) is 13.9 Å². The van der Waals surface area contributed by atoms with Crippen molar-refractivity contribution in [2.45, 2.75) is 10.9 Å². The summed E-state index contributed by atoms with van der Waals surface area (Å²) in [4.78, 5) is 12.4. The molecule has 9 heteroatoms. The average molecular weight is 391 g/mol. The van der Waals surface area contributed by atoms with Gasteiger partial charge in [-0.25, -0.2) is 0 Å². The number of aromatic nitrogens is 2. The van der Waals surface area contributed by atoms with E-state index in [1.54, 1.807) is 38.7 Å². The zero-order valence-electron chi connectivity index (χ0n) is 14.2. The molecule has 0 aliphatic heterocycles. The number of furan rings is 1. The van der Waals surface area contributed by atoms with Gasteiger partial charge in [-0.1, -0.05) is 23.1 Å². The van der Waals surface area contributed by atoms with Gasteiger partial charge >= 0.3 is 0 Å². The van der Waals surface area contributed by atoms with E-state index in [2.05, 4.69) is 15.5 Å². The van der Waals surface area contributed by atoms with Crippen LogP contribution in [0.3, 0.4) is 0 Å². The molecular formula is C17H17N3O4S2. The van der Waals surface area contributed by atoms with Gasteiger partial charge in [0.2, 0.25) is 5.13 Å². The lowest BCUT2D eigenvalue weighted by Gasteiger charge is -2.08. The molecule has 7 nitrogen and oxygen atoms in total. The van der Waals surface area contributed by atoms with Gasteiger partial charge in [-0.05, 0) is 30.3 Å². The second kappa shape index (κ2) is 8.72. The van der Waals surface area contributed by atoms with E-state index in [0.717, 1.165) is 10.1 Å². The van der Waals surface area contributed by atoms with Crippen LogP contribution in [0, 0.1) is 0 Å². The van der Waals surface area contributed by atoms with Gasteiger partial charge in [-0.3, -0.25) is 4.79 Å².